The van der Waals surface area contributed by atoms with Crippen LogP contribution in [-0.4, -0.2) is 5.11 Å². The zero-order valence-corrected chi connectivity index (χ0v) is 11.7. The molecule has 0 spiro atoms. The van der Waals surface area contributed by atoms with Crippen molar-refractivity contribution in [3.63, 3.8) is 0 Å². The molecule has 0 aliphatic heterocycles. The van der Waals surface area contributed by atoms with Crippen molar-refractivity contribution in [1.29, 1.82) is 0 Å². The van der Waals surface area contributed by atoms with Crippen molar-refractivity contribution in [2.24, 2.45) is 0 Å². The third kappa shape index (κ3) is 4.28. The summed E-state index contributed by atoms with van der Waals surface area (Å²) in [4.78, 5) is 0. The van der Waals surface area contributed by atoms with E-state index in [2.05, 4.69) is 15.9 Å². The van der Waals surface area contributed by atoms with Crippen molar-refractivity contribution in [3.8, 4) is 0 Å². The molecule has 1 aromatic rings. The molecule has 1 nitrogen and oxygen atoms in total. The zero-order valence-electron chi connectivity index (χ0n) is 10.1. The normalized spacial score (nSPS) is 13.7. The van der Waals surface area contributed by atoms with E-state index in [4.69, 9.17) is 0 Å². The number of hydrogen-bond acceptors (Lipinski definition) is 1. The van der Waals surface area contributed by atoms with E-state index in [0.717, 1.165) is 31.4 Å². The Morgan fingerprint density at radius 3 is 2.50 bits per heavy atom. The molecule has 0 amide bonds. The highest BCUT2D eigenvalue weighted by molar-refractivity contribution is 9.10. The van der Waals surface area contributed by atoms with Crippen LogP contribution >= 0.6 is 15.9 Å². The Balaban J connectivity index is 2.86. The third-order valence-corrected chi connectivity index (χ3v) is 3.49. The van der Waals surface area contributed by atoms with E-state index in [1.54, 1.807) is 0 Å². The molecule has 102 valence electrons. The van der Waals surface area contributed by atoms with Crippen LogP contribution < -0.4 is 0 Å². The van der Waals surface area contributed by atoms with Crippen LogP contribution in [0.1, 0.15) is 49.8 Å². The summed E-state index contributed by atoms with van der Waals surface area (Å²) in [7, 11) is 0. The number of benzene rings is 1. The lowest BCUT2D eigenvalue weighted by Gasteiger charge is -2.15. The first kappa shape index (κ1) is 15.5. The molecule has 0 saturated carbocycles. The van der Waals surface area contributed by atoms with Crippen LogP contribution in [0.4, 0.5) is 13.2 Å². The smallest absolute Gasteiger partial charge is 0.388 e. The maximum absolute atomic E-state index is 12.6. The number of rotatable bonds is 5. The average molecular weight is 325 g/mol. The first-order valence-corrected chi connectivity index (χ1v) is 6.70. The fourth-order valence-electron chi connectivity index (χ4n) is 1.72. The standard InChI is InChI=1S/C13H16BrF3O/c1-2-3-4-5-12(18)10-8-9(13(15,16)17)6-7-11(10)14/h6-8,12,18H,2-5H2,1H3. The maximum Gasteiger partial charge on any atom is 0.416 e. The summed E-state index contributed by atoms with van der Waals surface area (Å²) in [5.74, 6) is 0. The molecule has 18 heavy (non-hydrogen) atoms. The van der Waals surface area contributed by atoms with Gasteiger partial charge in [-0.1, -0.05) is 42.1 Å². The molecule has 1 atom stereocenters. The van der Waals surface area contributed by atoms with Gasteiger partial charge in [0, 0.05) is 4.47 Å². The van der Waals surface area contributed by atoms with Gasteiger partial charge in [-0.2, -0.15) is 13.2 Å². The molecule has 5 heteroatoms. The highest BCUT2D eigenvalue weighted by Crippen LogP contribution is 2.35. The van der Waals surface area contributed by atoms with Gasteiger partial charge in [0.1, 0.15) is 0 Å². The van der Waals surface area contributed by atoms with Crippen LogP contribution in [0.2, 0.25) is 0 Å². The molecule has 1 unspecified atom stereocenters. The van der Waals surface area contributed by atoms with E-state index in [1.807, 2.05) is 6.92 Å². The molecule has 0 heterocycles. The highest BCUT2D eigenvalue weighted by Gasteiger charge is 2.31. The molecule has 0 aromatic heterocycles. The fraction of sp³-hybridized carbons (Fsp3) is 0.538. The van der Waals surface area contributed by atoms with Gasteiger partial charge >= 0.3 is 6.18 Å². The van der Waals surface area contributed by atoms with Gasteiger partial charge in [-0.15, -0.1) is 0 Å². The molecule has 1 aromatic carbocycles. The van der Waals surface area contributed by atoms with Crippen molar-refractivity contribution >= 4 is 15.9 Å². The minimum atomic E-state index is -4.38. The Kier molecular flexibility index (Phi) is 5.66. The number of halogens is 4. The molecule has 0 saturated heterocycles. The Morgan fingerprint density at radius 1 is 1.28 bits per heavy atom. The second-order valence-electron chi connectivity index (χ2n) is 4.25. The number of aliphatic hydroxyl groups excluding tert-OH is 1. The van der Waals surface area contributed by atoms with Crippen LogP contribution in [-0.2, 0) is 6.18 Å². The molecule has 0 bridgehead atoms. The maximum atomic E-state index is 12.6. The Morgan fingerprint density at radius 2 is 1.94 bits per heavy atom. The highest BCUT2D eigenvalue weighted by atomic mass is 79.9. The quantitative estimate of drug-likeness (QED) is 0.748. The molecule has 1 rings (SSSR count). The number of aliphatic hydroxyl groups is 1. The van der Waals surface area contributed by atoms with Gasteiger partial charge < -0.3 is 5.11 Å². The van der Waals surface area contributed by atoms with Crippen LogP contribution in [0.3, 0.4) is 0 Å². The molecule has 0 aliphatic carbocycles. The van der Waals surface area contributed by atoms with E-state index in [0.29, 0.717) is 16.5 Å². The van der Waals surface area contributed by atoms with Crippen LogP contribution in [0.5, 0.6) is 0 Å². The molecular formula is C13H16BrF3O. The summed E-state index contributed by atoms with van der Waals surface area (Å²) in [5.41, 5.74) is -0.420. The van der Waals surface area contributed by atoms with Gasteiger partial charge in [-0.05, 0) is 30.2 Å². The molecular weight excluding hydrogens is 309 g/mol. The van der Waals surface area contributed by atoms with Crippen molar-refractivity contribution < 1.29 is 18.3 Å². The minimum absolute atomic E-state index is 0.306. The van der Waals surface area contributed by atoms with Gasteiger partial charge in [-0.25, -0.2) is 0 Å². The van der Waals surface area contributed by atoms with E-state index < -0.39 is 17.8 Å². The molecule has 1 N–H and O–H groups in total. The summed E-state index contributed by atoms with van der Waals surface area (Å²) in [5, 5.41) is 9.92. The largest absolute Gasteiger partial charge is 0.416 e. The third-order valence-electron chi connectivity index (χ3n) is 2.76. The first-order valence-electron chi connectivity index (χ1n) is 5.91. The van der Waals surface area contributed by atoms with E-state index in [-0.39, 0.29) is 0 Å². The van der Waals surface area contributed by atoms with Crippen molar-refractivity contribution in [2.45, 2.75) is 44.9 Å². The van der Waals surface area contributed by atoms with E-state index in [9.17, 15) is 18.3 Å². The van der Waals surface area contributed by atoms with Gasteiger partial charge in [0.05, 0.1) is 11.7 Å². The Hall–Kier alpha value is -0.550. The topological polar surface area (TPSA) is 20.2 Å². The Labute approximate surface area is 113 Å². The van der Waals surface area contributed by atoms with Crippen molar-refractivity contribution in [3.05, 3.63) is 33.8 Å². The number of hydrogen-bond donors (Lipinski definition) is 1. The monoisotopic (exact) mass is 324 g/mol. The van der Waals surface area contributed by atoms with E-state index in [1.165, 1.54) is 6.07 Å². The van der Waals surface area contributed by atoms with Crippen molar-refractivity contribution in [2.75, 3.05) is 0 Å². The summed E-state index contributed by atoms with van der Waals surface area (Å²) in [6.45, 7) is 2.03. The lowest BCUT2D eigenvalue weighted by Crippen LogP contribution is -2.07. The van der Waals surface area contributed by atoms with Gasteiger partial charge in [-0.3, -0.25) is 0 Å². The predicted octanol–water partition coefficient (Wildman–Crippen LogP) is 5.08. The summed E-state index contributed by atoms with van der Waals surface area (Å²) in [6, 6.07) is 3.36. The lowest BCUT2D eigenvalue weighted by atomic mass is 10.0. The average Bonchev–Trinajstić information content (AvgIpc) is 2.28. The second-order valence-corrected chi connectivity index (χ2v) is 5.10. The fourth-order valence-corrected chi connectivity index (χ4v) is 2.23. The van der Waals surface area contributed by atoms with Gasteiger partial charge in [0.25, 0.3) is 0 Å². The summed E-state index contributed by atoms with van der Waals surface area (Å²) in [6.07, 6.45) is -1.97. The van der Waals surface area contributed by atoms with Crippen LogP contribution in [0, 0.1) is 0 Å². The van der Waals surface area contributed by atoms with Crippen LogP contribution in [0.15, 0.2) is 22.7 Å². The minimum Gasteiger partial charge on any atom is -0.388 e. The summed E-state index contributed by atoms with van der Waals surface area (Å²) < 4.78 is 38.2. The zero-order chi connectivity index (χ0) is 13.8. The lowest BCUT2D eigenvalue weighted by molar-refractivity contribution is -0.137. The molecule has 0 aliphatic rings. The SMILES string of the molecule is CCCCCC(O)c1cc(C(F)(F)F)ccc1Br. The first-order chi connectivity index (χ1) is 8.36. The molecule has 0 radical (unpaired) electrons. The second kappa shape index (κ2) is 6.57. The molecule has 0 fully saturated rings. The predicted molar refractivity (Wildman–Crippen MR) is 68.2 cm³/mol. The van der Waals surface area contributed by atoms with Gasteiger partial charge in [0.15, 0.2) is 0 Å². The number of alkyl halides is 3. The summed E-state index contributed by atoms with van der Waals surface area (Å²) >= 11 is 3.18. The van der Waals surface area contributed by atoms with Crippen LogP contribution in [0.25, 0.3) is 0 Å². The van der Waals surface area contributed by atoms with E-state index >= 15 is 0 Å². The van der Waals surface area contributed by atoms with Gasteiger partial charge in [0.2, 0.25) is 0 Å². The van der Waals surface area contributed by atoms with Crippen molar-refractivity contribution in [1.82, 2.24) is 0 Å². The number of unbranched alkanes of at least 4 members (excludes halogenated alkanes) is 2. The Bertz CT molecular complexity index is 390.